The maximum Gasteiger partial charge on any atom is 0.321 e. The van der Waals surface area contributed by atoms with Gasteiger partial charge in [-0.05, 0) is 24.6 Å². The monoisotopic (exact) mass is 255 g/mol. The number of nitrogens with zero attached hydrogens (tertiary/aromatic N) is 1. The Balaban J connectivity index is 2.58. The number of hydrogen-bond acceptors (Lipinski definition) is 5. The minimum Gasteiger partial charge on any atom is -0.480 e. The van der Waals surface area contributed by atoms with Gasteiger partial charge in [-0.2, -0.15) is 11.8 Å². The Morgan fingerprint density at radius 3 is 2.76 bits per heavy atom. The molecule has 0 aliphatic rings. The fourth-order valence-electron chi connectivity index (χ4n) is 1.36. The van der Waals surface area contributed by atoms with E-state index < -0.39 is 12.0 Å². The molecular formula is C11H17N3O2S. The summed E-state index contributed by atoms with van der Waals surface area (Å²) in [6, 6.07) is 2.87. The number of carbonyl (C=O) groups is 1. The number of pyridine rings is 1. The number of aryl methyl sites for hydroxylation is 1. The molecule has 5 nitrogen and oxygen atoms in total. The average molecular weight is 255 g/mol. The average Bonchev–Trinajstić information content (AvgIpc) is 2.23. The third kappa shape index (κ3) is 4.24. The molecule has 0 amide bonds. The van der Waals surface area contributed by atoms with E-state index in [4.69, 9.17) is 16.6 Å². The van der Waals surface area contributed by atoms with Crippen LogP contribution in [0.3, 0.4) is 0 Å². The molecule has 1 aromatic rings. The molecule has 0 aliphatic heterocycles. The van der Waals surface area contributed by atoms with Crippen LogP contribution in [0.15, 0.2) is 12.1 Å². The first-order valence-corrected chi connectivity index (χ1v) is 6.28. The highest BCUT2D eigenvalue weighted by Gasteiger charge is 2.20. The van der Waals surface area contributed by atoms with E-state index in [1.807, 2.05) is 13.0 Å². The second-order valence-corrected chi connectivity index (χ2v) is 5.31. The van der Waals surface area contributed by atoms with Crippen LogP contribution in [0.4, 0.5) is 5.82 Å². The Morgan fingerprint density at radius 2 is 2.24 bits per heavy atom. The number of carboxylic acids is 1. The highest BCUT2D eigenvalue weighted by atomic mass is 32.2. The van der Waals surface area contributed by atoms with Crippen molar-refractivity contribution in [2.45, 2.75) is 30.9 Å². The summed E-state index contributed by atoms with van der Waals surface area (Å²) >= 11 is 1.46. The molecule has 2 atom stereocenters. The lowest BCUT2D eigenvalue weighted by atomic mass is 10.2. The molecule has 0 radical (unpaired) electrons. The van der Waals surface area contributed by atoms with Crippen LogP contribution in [-0.4, -0.2) is 27.4 Å². The molecule has 94 valence electrons. The first-order chi connectivity index (χ1) is 7.90. The van der Waals surface area contributed by atoms with Crippen molar-refractivity contribution in [3.05, 3.63) is 23.4 Å². The summed E-state index contributed by atoms with van der Waals surface area (Å²) < 4.78 is 0. The third-order valence-electron chi connectivity index (χ3n) is 2.33. The molecule has 1 heterocycles. The van der Waals surface area contributed by atoms with Crippen LogP contribution in [0.25, 0.3) is 0 Å². The Hall–Kier alpha value is -1.27. The number of thioether (sulfide) groups is 1. The number of rotatable bonds is 5. The Bertz CT molecular complexity index is 391. The van der Waals surface area contributed by atoms with E-state index in [1.54, 1.807) is 13.0 Å². The predicted molar refractivity (Wildman–Crippen MR) is 69.8 cm³/mol. The second-order valence-electron chi connectivity index (χ2n) is 3.94. The van der Waals surface area contributed by atoms with Gasteiger partial charge in [0.05, 0.1) is 5.69 Å². The number of anilines is 1. The summed E-state index contributed by atoms with van der Waals surface area (Å²) in [4.78, 5) is 14.9. The molecule has 17 heavy (non-hydrogen) atoms. The van der Waals surface area contributed by atoms with Gasteiger partial charge in [-0.25, -0.2) is 4.98 Å². The van der Waals surface area contributed by atoms with Crippen LogP contribution in [0.1, 0.15) is 18.2 Å². The van der Waals surface area contributed by atoms with Gasteiger partial charge in [0.25, 0.3) is 0 Å². The maximum absolute atomic E-state index is 10.7. The molecule has 6 heteroatoms. The van der Waals surface area contributed by atoms with E-state index in [9.17, 15) is 4.79 Å². The SMILES string of the molecule is Cc1cc(N)nc(CS[C@@H](C)[C@H](N)C(=O)O)c1. The number of aliphatic carboxylic acids is 1. The van der Waals surface area contributed by atoms with E-state index in [0.29, 0.717) is 11.6 Å². The van der Waals surface area contributed by atoms with Crippen molar-refractivity contribution in [3.63, 3.8) is 0 Å². The van der Waals surface area contributed by atoms with Crippen LogP contribution >= 0.6 is 11.8 Å². The smallest absolute Gasteiger partial charge is 0.321 e. The van der Waals surface area contributed by atoms with Gasteiger partial charge in [-0.1, -0.05) is 6.92 Å². The molecule has 0 bridgehead atoms. The van der Waals surface area contributed by atoms with Gasteiger partial charge in [0.2, 0.25) is 0 Å². The normalized spacial score (nSPS) is 14.3. The van der Waals surface area contributed by atoms with Crippen LogP contribution < -0.4 is 11.5 Å². The summed E-state index contributed by atoms with van der Waals surface area (Å²) in [5, 5.41) is 8.59. The Kier molecular flexibility index (Phi) is 4.77. The van der Waals surface area contributed by atoms with E-state index in [2.05, 4.69) is 4.98 Å². The largest absolute Gasteiger partial charge is 0.480 e. The summed E-state index contributed by atoms with van der Waals surface area (Å²) in [6.45, 7) is 3.74. The third-order valence-corrected chi connectivity index (χ3v) is 3.61. The topological polar surface area (TPSA) is 102 Å². The van der Waals surface area contributed by atoms with Crippen LogP contribution in [-0.2, 0) is 10.5 Å². The van der Waals surface area contributed by atoms with E-state index in [0.717, 1.165) is 11.3 Å². The van der Waals surface area contributed by atoms with Gasteiger partial charge < -0.3 is 16.6 Å². The molecular weight excluding hydrogens is 238 g/mol. The zero-order chi connectivity index (χ0) is 13.0. The summed E-state index contributed by atoms with van der Waals surface area (Å²) in [5.74, 6) is 0.103. The highest BCUT2D eigenvalue weighted by molar-refractivity contribution is 7.99. The zero-order valence-electron chi connectivity index (χ0n) is 9.88. The zero-order valence-corrected chi connectivity index (χ0v) is 10.7. The van der Waals surface area contributed by atoms with Crippen LogP contribution in [0, 0.1) is 6.92 Å². The predicted octanol–water partition coefficient (Wildman–Crippen LogP) is 1.01. The van der Waals surface area contributed by atoms with Gasteiger partial charge >= 0.3 is 5.97 Å². The highest BCUT2D eigenvalue weighted by Crippen LogP contribution is 2.20. The standard InChI is InChI=1S/C11H17N3O2S/c1-6-3-8(14-9(12)4-6)5-17-7(2)10(13)11(15)16/h3-4,7,10H,5,13H2,1-2H3,(H2,12,14)(H,15,16)/t7-,10-/m0/s1. The number of nitrogens with two attached hydrogens (primary N) is 2. The van der Waals surface area contributed by atoms with Crippen molar-refractivity contribution in [1.29, 1.82) is 0 Å². The molecule has 1 aromatic heterocycles. The van der Waals surface area contributed by atoms with Crippen LogP contribution in [0.5, 0.6) is 0 Å². The second kappa shape index (κ2) is 5.88. The first kappa shape index (κ1) is 13.8. The van der Waals surface area contributed by atoms with Crippen molar-refractivity contribution >= 4 is 23.5 Å². The molecule has 0 unspecified atom stereocenters. The number of carboxylic acid groups (broad SMARTS) is 1. The van der Waals surface area contributed by atoms with E-state index in [1.165, 1.54) is 11.8 Å². The molecule has 0 aromatic carbocycles. The molecule has 1 rings (SSSR count). The maximum atomic E-state index is 10.7. The lowest BCUT2D eigenvalue weighted by molar-refractivity contribution is -0.138. The van der Waals surface area contributed by atoms with Gasteiger partial charge in [-0.3, -0.25) is 4.79 Å². The number of aromatic nitrogens is 1. The summed E-state index contributed by atoms with van der Waals surface area (Å²) in [6.07, 6.45) is 0. The molecule has 0 fully saturated rings. The number of hydrogen-bond donors (Lipinski definition) is 3. The van der Waals surface area contributed by atoms with E-state index in [-0.39, 0.29) is 5.25 Å². The Labute approximate surface area is 105 Å². The minimum atomic E-state index is -0.985. The fourth-order valence-corrected chi connectivity index (χ4v) is 2.27. The van der Waals surface area contributed by atoms with Crippen molar-refractivity contribution < 1.29 is 9.90 Å². The fraction of sp³-hybridized carbons (Fsp3) is 0.455. The summed E-state index contributed by atoms with van der Waals surface area (Å²) in [7, 11) is 0. The minimum absolute atomic E-state index is 0.170. The van der Waals surface area contributed by atoms with Crippen molar-refractivity contribution in [2.24, 2.45) is 5.73 Å². The van der Waals surface area contributed by atoms with Gasteiger partial charge in [-0.15, -0.1) is 0 Å². The van der Waals surface area contributed by atoms with Crippen molar-refractivity contribution in [1.82, 2.24) is 4.98 Å². The van der Waals surface area contributed by atoms with Crippen molar-refractivity contribution in [3.8, 4) is 0 Å². The lowest BCUT2D eigenvalue weighted by Crippen LogP contribution is -2.38. The first-order valence-electron chi connectivity index (χ1n) is 5.23. The summed E-state index contributed by atoms with van der Waals surface area (Å²) in [5.41, 5.74) is 13.0. The number of nitrogen functional groups attached to an aromatic ring is 1. The van der Waals surface area contributed by atoms with Gasteiger partial charge in [0.1, 0.15) is 11.9 Å². The van der Waals surface area contributed by atoms with Crippen molar-refractivity contribution in [2.75, 3.05) is 5.73 Å². The molecule has 5 N–H and O–H groups in total. The molecule has 0 saturated heterocycles. The van der Waals surface area contributed by atoms with Crippen LogP contribution in [0.2, 0.25) is 0 Å². The quantitative estimate of drug-likeness (QED) is 0.725. The van der Waals surface area contributed by atoms with Gasteiger partial charge in [0, 0.05) is 11.0 Å². The Morgan fingerprint density at radius 1 is 1.59 bits per heavy atom. The van der Waals surface area contributed by atoms with Gasteiger partial charge in [0.15, 0.2) is 0 Å². The molecule has 0 saturated carbocycles. The van der Waals surface area contributed by atoms with E-state index >= 15 is 0 Å². The lowest BCUT2D eigenvalue weighted by Gasteiger charge is -2.15. The molecule has 0 spiro atoms. The molecule has 0 aliphatic carbocycles.